The van der Waals surface area contributed by atoms with E-state index in [2.05, 4.69) is 47.8 Å². The highest BCUT2D eigenvalue weighted by Gasteiger charge is 2.07. The lowest BCUT2D eigenvalue weighted by atomic mass is 10.2. The Labute approximate surface area is 98.5 Å². The maximum absolute atomic E-state index is 4.16. The minimum atomic E-state index is 0.443. The minimum Gasteiger partial charge on any atom is -0.315 e. The van der Waals surface area contributed by atoms with Crippen LogP contribution in [0, 0.1) is 0 Å². The third-order valence-electron chi connectivity index (χ3n) is 2.97. The average molecular weight is 224 g/mol. The number of nitrogens with zero attached hydrogens (tertiary/aromatic N) is 3. The summed E-state index contributed by atoms with van der Waals surface area (Å²) in [6, 6.07) is 1.08. The van der Waals surface area contributed by atoms with Crippen LogP contribution in [0.5, 0.6) is 0 Å². The summed E-state index contributed by atoms with van der Waals surface area (Å²) in [5.41, 5.74) is 0. The van der Waals surface area contributed by atoms with Gasteiger partial charge in [0.1, 0.15) is 12.2 Å². The predicted molar refractivity (Wildman–Crippen MR) is 66.5 cm³/mol. The molecular weight excluding hydrogens is 200 g/mol. The number of hydrogen-bond donors (Lipinski definition) is 1. The predicted octanol–water partition coefficient (Wildman–Crippen LogP) is 2.18. The largest absolute Gasteiger partial charge is 0.315 e. The van der Waals surface area contributed by atoms with E-state index in [1.165, 1.54) is 12.8 Å². The molecule has 0 spiro atoms. The van der Waals surface area contributed by atoms with Crippen molar-refractivity contribution < 1.29 is 0 Å². The van der Waals surface area contributed by atoms with E-state index in [9.17, 15) is 0 Å². The molecule has 0 radical (unpaired) electrons. The molecule has 1 rings (SSSR count). The Morgan fingerprint density at radius 1 is 1.31 bits per heavy atom. The molecule has 1 N–H and O–H groups in total. The molecular formula is C12H24N4. The molecule has 0 fully saturated rings. The summed E-state index contributed by atoms with van der Waals surface area (Å²) < 4.78 is 2.13. The summed E-state index contributed by atoms with van der Waals surface area (Å²) in [7, 11) is 0. The highest BCUT2D eigenvalue weighted by molar-refractivity contribution is 4.89. The molecule has 0 saturated carbocycles. The molecule has 1 aromatic rings. The van der Waals surface area contributed by atoms with Crippen LogP contribution >= 0.6 is 0 Å². The molecule has 0 amide bonds. The lowest BCUT2D eigenvalue weighted by Crippen LogP contribution is -2.30. The summed E-state index contributed by atoms with van der Waals surface area (Å²) in [5.74, 6) is 1.08. The van der Waals surface area contributed by atoms with Crippen molar-refractivity contribution in [2.24, 2.45) is 0 Å². The van der Waals surface area contributed by atoms with Crippen molar-refractivity contribution in [2.45, 2.75) is 59.0 Å². The molecule has 92 valence electrons. The maximum atomic E-state index is 4.16. The van der Waals surface area contributed by atoms with Crippen molar-refractivity contribution in [3.8, 4) is 0 Å². The van der Waals surface area contributed by atoms with Gasteiger partial charge in [0.05, 0.1) is 0 Å². The number of hydrogen-bond acceptors (Lipinski definition) is 3. The first kappa shape index (κ1) is 13.2. The van der Waals surface area contributed by atoms with E-state index in [0.717, 1.165) is 18.8 Å². The molecule has 0 bridgehead atoms. The van der Waals surface area contributed by atoms with Gasteiger partial charge in [-0.2, -0.15) is 0 Å². The van der Waals surface area contributed by atoms with Crippen molar-refractivity contribution in [1.29, 1.82) is 0 Å². The smallest absolute Gasteiger partial charge is 0.134 e. The van der Waals surface area contributed by atoms with Crippen LogP contribution in [0.25, 0.3) is 0 Å². The molecule has 4 heteroatoms. The van der Waals surface area contributed by atoms with Crippen molar-refractivity contribution in [3.63, 3.8) is 0 Å². The standard InChI is InChI=1S/C12H24N4/c1-5-11(6-2)13-8-7-12-15-14-9-16(12)10(3)4/h9-11,13H,5-8H2,1-4H3. The van der Waals surface area contributed by atoms with Gasteiger partial charge in [0.25, 0.3) is 0 Å². The van der Waals surface area contributed by atoms with E-state index in [1.54, 1.807) is 0 Å². The molecule has 1 heterocycles. The third kappa shape index (κ3) is 3.59. The quantitative estimate of drug-likeness (QED) is 0.772. The Bertz CT molecular complexity index is 289. The van der Waals surface area contributed by atoms with E-state index in [-0.39, 0.29) is 0 Å². The van der Waals surface area contributed by atoms with E-state index in [4.69, 9.17) is 0 Å². The Kier molecular flexibility index (Phi) is 5.46. The van der Waals surface area contributed by atoms with Gasteiger partial charge in [-0.3, -0.25) is 0 Å². The molecule has 16 heavy (non-hydrogen) atoms. The molecule has 0 unspecified atom stereocenters. The molecule has 0 aliphatic carbocycles. The van der Waals surface area contributed by atoms with Crippen LogP contribution in [0.4, 0.5) is 0 Å². The second-order valence-electron chi connectivity index (χ2n) is 4.47. The summed E-state index contributed by atoms with van der Waals surface area (Å²) in [4.78, 5) is 0. The van der Waals surface area contributed by atoms with Crippen molar-refractivity contribution in [2.75, 3.05) is 6.54 Å². The van der Waals surface area contributed by atoms with Gasteiger partial charge >= 0.3 is 0 Å². The second-order valence-corrected chi connectivity index (χ2v) is 4.47. The number of aromatic nitrogens is 3. The van der Waals surface area contributed by atoms with Crippen LogP contribution in [-0.2, 0) is 6.42 Å². The summed E-state index contributed by atoms with van der Waals surface area (Å²) in [6.45, 7) is 9.73. The Morgan fingerprint density at radius 3 is 2.56 bits per heavy atom. The van der Waals surface area contributed by atoms with Gasteiger partial charge in [-0.25, -0.2) is 0 Å². The van der Waals surface area contributed by atoms with Gasteiger partial charge in [0.15, 0.2) is 0 Å². The van der Waals surface area contributed by atoms with Gasteiger partial charge in [-0.1, -0.05) is 13.8 Å². The van der Waals surface area contributed by atoms with Gasteiger partial charge in [-0.05, 0) is 26.7 Å². The molecule has 0 aromatic carbocycles. The highest BCUT2D eigenvalue weighted by atomic mass is 15.3. The molecule has 0 aliphatic rings. The molecule has 4 nitrogen and oxygen atoms in total. The zero-order valence-corrected chi connectivity index (χ0v) is 10.9. The average Bonchev–Trinajstić information content (AvgIpc) is 2.72. The summed E-state index contributed by atoms with van der Waals surface area (Å²) >= 11 is 0. The third-order valence-corrected chi connectivity index (χ3v) is 2.97. The van der Waals surface area contributed by atoms with E-state index < -0.39 is 0 Å². The number of rotatable bonds is 7. The van der Waals surface area contributed by atoms with Crippen LogP contribution in [0.1, 0.15) is 52.4 Å². The Hall–Kier alpha value is -0.900. The fraction of sp³-hybridized carbons (Fsp3) is 0.833. The molecule has 0 aliphatic heterocycles. The van der Waals surface area contributed by atoms with E-state index >= 15 is 0 Å². The van der Waals surface area contributed by atoms with Gasteiger partial charge < -0.3 is 9.88 Å². The van der Waals surface area contributed by atoms with Crippen LogP contribution in [0.2, 0.25) is 0 Å². The fourth-order valence-corrected chi connectivity index (χ4v) is 1.84. The summed E-state index contributed by atoms with van der Waals surface area (Å²) in [6.07, 6.45) is 5.15. The van der Waals surface area contributed by atoms with Crippen molar-refractivity contribution in [1.82, 2.24) is 20.1 Å². The lowest BCUT2D eigenvalue weighted by Gasteiger charge is -2.15. The van der Waals surface area contributed by atoms with E-state index in [1.807, 2.05) is 6.33 Å². The van der Waals surface area contributed by atoms with Crippen LogP contribution in [0.3, 0.4) is 0 Å². The van der Waals surface area contributed by atoms with Crippen LogP contribution in [0.15, 0.2) is 6.33 Å². The number of nitrogens with one attached hydrogen (secondary N) is 1. The Balaban J connectivity index is 2.39. The topological polar surface area (TPSA) is 42.7 Å². The second kappa shape index (κ2) is 6.63. The molecule has 0 atom stereocenters. The van der Waals surface area contributed by atoms with Crippen LogP contribution < -0.4 is 5.32 Å². The summed E-state index contributed by atoms with van der Waals surface area (Å²) in [5, 5.41) is 11.7. The van der Waals surface area contributed by atoms with Gasteiger partial charge in [0, 0.05) is 25.0 Å². The molecule has 1 aromatic heterocycles. The van der Waals surface area contributed by atoms with Crippen LogP contribution in [-0.4, -0.2) is 27.4 Å². The Morgan fingerprint density at radius 2 is 2.00 bits per heavy atom. The SMILES string of the molecule is CCC(CC)NCCc1nncn1C(C)C. The van der Waals surface area contributed by atoms with Gasteiger partial charge in [0.2, 0.25) is 0 Å². The normalized spacial score (nSPS) is 11.6. The van der Waals surface area contributed by atoms with E-state index in [0.29, 0.717) is 12.1 Å². The van der Waals surface area contributed by atoms with Gasteiger partial charge in [-0.15, -0.1) is 10.2 Å². The maximum Gasteiger partial charge on any atom is 0.134 e. The van der Waals surface area contributed by atoms with Crippen molar-refractivity contribution in [3.05, 3.63) is 12.2 Å². The fourth-order valence-electron chi connectivity index (χ4n) is 1.84. The van der Waals surface area contributed by atoms with Crippen molar-refractivity contribution >= 4 is 0 Å². The lowest BCUT2D eigenvalue weighted by molar-refractivity contribution is 0.476. The zero-order chi connectivity index (χ0) is 12.0. The minimum absolute atomic E-state index is 0.443. The molecule has 0 saturated heterocycles. The first-order valence-corrected chi connectivity index (χ1v) is 6.30. The first-order chi connectivity index (χ1) is 7.69. The first-order valence-electron chi connectivity index (χ1n) is 6.30. The highest BCUT2D eigenvalue weighted by Crippen LogP contribution is 2.06. The zero-order valence-electron chi connectivity index (χ0n) is 10.9. The monoisotopic (exact) mass is 224 g/mol.